The minimum Gasteiger partial charge on any atom is -0.372 e. The smallest absolute Gasteiger partial charge is 0.272 e. The van der Waals surface area contributed by atoms with E-state index in [2.05, 4.69) is 21.4 Å². The summed E-state index contributed by atoms with van der Waals surface area (Å²) in [7, 11) is 1.85. The Balaban J connectivity index is 1.79. The Morgan fingerprint density at radius 3 is 2.93 bits per heavy atom. The lowest BCUT2D eigenvalue weighted by atomic mass is 9.91. The zero-order chi connectivity index (χ0) is 20.8. The summed E-state index contributed by atoms with van der Waals surface area (Å²) in [6.45, 7) is 1.20. The van der Waals surface area contributed by atoms with E-state index in [-0.39, 0.29) is 12.1 Å². The van der Waals surface area contributed by atoms with E-state index >= 15 is 0 Å². The molecule has 148 valence electrons. The average Bonchev–Trinajstić information content (AvgIpc) is 3.39. The molecule has 30 heavy (non-hydrogen) atoms. The second kappa shape index (κ2) is 6.91. The summed E-state index contributed by atoms with van der Waals surface area (Å²) in [5, 5.41) is 22.0. The van der Waals surface area contributed by atoms with Crippen LogP contribution in [0.3, 0.4) is 0 Å². The topological polar surface area (TPSA) is 123 Å². The summed E-state index contributed by atoms with van der Waals surface area (Å²) in [5.41, 5.74) is 12.3. The van der Waals surface area contributed by atoms with Gasteiger partial charge in [-0.25, -0.2) is 5.10 Å². The van der Waals surface area contributed by atoms with Gasteiger partial charge in [-0.1, -0.05) is 12.1 Å². The summed E-state index contributed by atoms with van der Waals surface area (Å²) in [5.74, 6) is 0. The van der Waals surface area contributed by atoms with Crippen molar-refractivity contribution < 1.29 is 4.74 Å². The Hall–Kier alpha value is -3.80. The molecule has 2 aromatic heterocycles. The van der Waals surface area contributed by atoms with Crippen LogP contribution in [-0.4, -0.2) is 20.0 Å². The van der Waals surface area contributed by atoms with Crippen LogP contribution >= 0.6 is 0 Å². The van der Waals surface area contributed by atoms with Crippen LogP contribution in [0.15, 0.2) is 41.3 Å². The number of hydrogen-bond donors (Lipinski definition) is 2. The molecular formula is C22H18N6O2. The van der Waals surface area contributed by atoms with E-state index < -0.39 is 0 Å². The largest absolute Gasteiger partial charge is 0.372 e. The molecule has 3 heterocycles. The minimum atomic E-state index is -0.259. The summed E-state index contributed by atoms with van der Waals surface area (Å²) in [6, 6.07) is 11.6. The lowest BCUT2D eigenvalue weighted by molar-refractivity contribution is 0.134. The molecule has 0 bridgehead atoms. The van der Waals surface area contributed by atoms with Gasteiger partial charge in [-0.2, -0.15) is 15.5 Å². The van der Waals surface area contributed by atoms with Gasteiger partial charge in [-0.3, -0.25) is 9.48 Å². The number of nitrogens with one attached hydrogen (secondary N) is 1. The third-order valence-electron chi connectivity index (χ3n) is 5.58. The van der Waals surface area contributed by atoms with Gasteiger partial charge in [0.25, 0.3) is 5.56 Å². The summed E-state index contributed by atoms with van der Waals surface area (Å²) in [4.78, 5) is 12.2. The summed E-state index contributed by atoms with van der Waals surface area (Å²) in [6.07, 6.45) is 1.77. The second-order valence-electron chi connectivity index (χ2n) is 7.22. The number of rotatable bonds is 3. The van der Waals surface area contributed by atoms with Crippen LogP contribution in [0.5, 0.6) is 0 Å². The molecule has 5 rings (SSSR count). The molecule has 0 amide bonds. The van der Waals surface area contributed by atoms with Gasteiger partial charge < -0.3 is 10.5 Å². The van der Waals surface area contributed by atoms with E-state index in [1.54, 1.807) is 16.9 Å². The van der Waals surface area contributed by atoms with Crippen molar-refractivity contribution in [1.82, 2.24) is 20.0 Å². The van der Waals surface area contributed by atoms with Gasteiger partial charge in [-0.15, -0.1) is 0 Å². The number of aromatic amines is 1. The molecule has 0 atom stereocenters. The Kier molecular flexibility index (Phi) is 4.20. The first-order valence-corrected chi connectivity index (χ1v) is 9.49. The van der Waals surface area contributed by atoms with Crippen LogP contribution in [0.1, 0.15) is 22.4 Å². The normalized spacial score (nSPS) is 12.8. The molecule has 1 aliphatic rings. The van der Waals surface area contributed by atoms with Gasteiger partial charge in [0.2, 0.25) is 0 Å². The highest BCUT2D eigenvalue weighted by molar-refractivity contribution is 5.92. The zero-order valence-corrected chi connectivity index (χ0v) is 16.3. The zero-order valence-electron chi connectivity index (χ0n) is 16.3. The molecule has 1 aliphatic heterocycles. The molecule has 0 saturated heterocycles. The molecule has 0 radical (unpaired) electrons. The third kappa shape index (κ3) is 2.64. The predicted octanol–water partition coefficient (Wildman–Crippen LogP) is 2.35. The van der Waals surface area contributed by atoms with Gasteiger partial charge in [0.05, 0.1) is 47.8 Å². The van der Waals surface area contributed by atoms with E-state index in [1.807, 2.05) is 31.3 Å². The standard InChI is InChI=1S/C22H18N6O2/c1-28-21(20-13(7-23)2-3-14-10-30-11-18(14)20)17(9-25-28)12-4-5-15-16(6-12)19(8-24)26-27-22(15)29/h2-6,9H,8,10-11,24H2,1H3,(H,27,29). The van der Waals surface area contributed by atoms with E-state index in [1.165, 1.54) is 0 Å². The summed E-state index contributed by atoms with van der Waals surface area (Å²) >= 11 is 0. The second-order valence-corrected chi connectivity index (χ2v) is 7.22. The number of benzene rings is 2. The van der Waals surface area contributed by atoms with Crippen molar-refractivity contribution in [3.8, 4) is 28.5 Å². The van der Waals surface area contributed by atoms with E-state index in [9.17, 15) is 10.1 Å². The Bertz CT molecular complexity index is 1410. The Morgan fingerprint density at radius 2 is 2.13 bits per heavy atom. The lowest BCUT2D eigenvalue weighted by Crippen LogP contribution is -2.13. The maximum absolute atomic E-state index is 12.2. The van der Waals surface area contributed by atoms with Crippen LogP contribution in [-0.2, 0) is 31.5 Å². The molecule has 0 fully saturated rings. The molecule has 0 unspecified atom stereocenters. The maximum atomic E-state index is 12.2. The molecule has 8 heteroatoms. The van der Waals surface area contributed by atoms with Crippen molar-refractivity contribution in [2.45, 2.75) is 19.8 Å². The van der Waals surface area contributed by atoms with Gasteiger partial charge in [0, 0.05) is 30.1 Å². The highest BCUT2D eigenvalue weighted by atomic mass is 16.5. The van der Waals surface area contributed by atoms with Gasteiger partial charge in [0.15, 0.2) is 0 Å². The van der Waals surface area contributed by atoms with Crippen LogP contribution in [0.4, 0.5) is 0 Å². The summed E-state index contributed by atoms with van der Waals surface area (Å²) < 4.78 is 7.41. The highest BCUT2D eigenvalue weighted by Crippen LogP contribution is 2.39. The SMILES string of the molecule is Cn1ncc(-c2ccc3c(=O)[nH]nc(CN)c3c2)c1-c1c(C#N)ccc2c1COC2. The van der Waals surface area contributed by atoms with Gasteiger partial charge in [0.1, 0.15) is 0 Å². The number of fused-ring (bicyclic) bond motifs is 2. The Morgan fingerprint density at radius 1 is 1.27 bits per heavy atom. The van der Waals surface area contributed by atoms with Crippen LogP contribution < -0.4 is 11.3 Å². The number of aryl methyl sites for hydroxylation is 1. The van der Waals surface area contributed by atoms with Crippen molar-refractivity contribution in [3.05, 3.63) is 69.3 Å². The number of ether oxygens (including phenoxy) is 1. The van der Waals surface area contributed by atoms with Crippen molar-refractivity contribution in [2.24, 2.45) is 12.8 Å². The van der Waals surface area contributed by atoms with Crippen LogP contribution in [0.2, 0.25) is 0 Å². The highest BCUT2D eigenvalue weighted by Gasteiger charge is 2.24. The van der Waals surface area contributed by atoms with Crippen LogP contribution in [0.25, 0.3) is 33.2 Å². The molecule has 0 spiro atoms. The molecule has 3 N–H and O–H groups in total. The van der Waals surface area contributed by atoms with Gasteiger partial charge in [-0.05, 0) is 34.9 Å². The Labute approximate surface area is 171 Å². The molecule has 0 saturated carbocycles. The predicted molar refractivity (Wildman–Crippen MR) is 111 cm³/mol. The van der Waals surface area contributed by atoms with E-state index in [0.29, 0.717) is 35.2 Å². The lowest BCUT2D eigenvalue weighted by Gasteiger charge is -2.13. The van der Waals surface area contributed by atoms with Crippen LogP contribution in [0, 0.1) is 11.3 Å². The maximum Gasteiger partial charge on any atom is 0.272 e. The number of nitriles is 1. The van der Waals surface area contributed by atoms with E-state index in [0.717, 1.165) is 33.5 Å². The fourth-order valence-corrected chi connectivity index (χ4v) is 4.11. The quantitative estimate of drug-likeness (QED) is 0.546. The fraction of sp³-hybridized carbons (Fsp3) is 0.182. The number of hydrogen-bond acceptors (Lipinski definition) is 6. The first-order valence-electron chi connectivity index (χ1n) is 9.49. The minimum absolute atomic E-state index is 0.207. The monoisotopic (exact) mass is 398 g/mol. The first kappa shape index (κ1) is 18.2. The molecule has 8 nitrogen and oxygen atoms in total. The van der Waals surface area contributed by atoms with Gasteiger partial charge >= 0.3 is 0 Å². The number of H-pyrrole nitrogens is 1. The first-order chi connectivity index (χ1) is 14.6. The third-order valence-corrected chi connectivity index (χ3v) is 5.58. The van der Waals surface area contributed by atoms with Crippen molar-refractivity contribution in [1.29, 1.82) is 5.26 Å². The van der Waals surface area contributed by atoms with Crippen molar-refractivity contribution in [3.63, 3.8) is 0 Å². The number of aromatic nitrogens is 4. The van der Waals surface area contributed by atoms with Crippen molar-refractivity contribution in [2.75, 3.05) is 0 Å². The molecule has 4 aromatic rings. The average molecular weight is 398 g/mol. The molecule has 0 aliphatic carbocycles. The molecule has 2 aromatic carbocycles. The van der Waals surface area contributed by atoms with Crippen molar-refractivity contribution >= 4 is 10.8 Å². The number of nitrogens with zero attached hydrogens (tertiary/aromatic N) is 4. The van der Waals surface area contributed by atoms with E-state index in [4.69, 9.17) is 10.5 Å². The molecular weight excluding hydrogens is 380 g/mol. The number of nitrogens with two attached hydrogens (primary N) is 1. The fourth-order valence-electron chi connectivity index (χ4n) is 4.11.